The molecule has 0 aromatic carbocycles. The molecule has 3 amide bonds. The van der Waals surface area contributed by atoms with E-state index in [0.717, 1.165) is 32.5 Å². The van der Waals surface area contributed by atoms with Crippen molar-refractivity contribution in [2.24, 2.45) is 0 Å². The maximum Gasteiger partial charge on any atom is 0.321 e. The second kappa shape index (κ2) is 7.50. The fraction of sp³-hybridized carbons (Fsp3) is 0.818. The topological polar surface area (TPSA) is 61.4 Å². The smallest absolute Gasteiger partial charge is 0.321 e. The zero-order chi connectivity index (χ0) is 12.7. The van der Waals surface area contributed by atoms with E-state index in [0.29, 0.717) is 0 Å². The Balaban J connectivity index is 2.28. The number of piperidine rings is 1. The molecule has 1 unspecified atom stereocenters. The third-order valence-electron chi connectivity index (χ3n) is 2.86. The molecule has 1 fully saturated rings. The lowest BCUT2D eigenvalue weighted by atomic mass is 10.1. The molecule has 5 nitrogen and oxygen atoms in total. The van der Waals surface area contributed by atoms with Crippen molar-refractivity contribution in [2.75, 3.05) is 25.5 Å². The molecular weight excluding hydrogens is 242 g/mol. The number of nitrogens with zero attached hydrogens (tertiary/aromatic N) is 1. The molecule has 0 saturated carbocycles. The fourth-order valence-corrected chi connectivity index (χ4v) is 2.13. The summed E-state index contributed by atoms with van der Waals surface area (Å²) < 4.78 is 0. The highest BCUT2D eigenvalue weighted by molar-refractivity contribution is 6.19. The van der Waals surface area contributed by atoms with E-state index < -0.39 is 6.03 Å². The first-order valence-electron chi connectivity index (χ1n) is 6.04. The highest BCUT2D eigenvalue weighted by Gasteiger charge is 2.20. The Bertz CT molecular complexity index is 273. The first kappa shape index (κ1) is 14.3. The molecule has 1 heterocycles. The van der Waals surface area contributed by atoms with Gasteiger partial charge in [-0.15, -0.1) is 11.6 Å². The normalized spacial score (nSPS) is 20.9. The molecule has 0 radical (unpaired) electrons. The number of carbonyl (C=O) groups is 2. The van der Waals surface area contributed by atoms with E-state index in [1.807, 2.05) is 0 Å². The number of imide groups is 1. The van der Waals surface area contributed by atoms with Crippen LogP contribution in [-0.4, -0.2) is 48.4 Å². The van der Waals surface area contributed by atoms with Crippen LogP contribution in [0.4, 0.5) is 4.79 Å². The highest BCUT2D eigenvalue weighted by atomic mass is 35.5. The SMILES string of the molecule is CCN1CCCC(NC(=O)NC(=O)CCCl)C1. The minimum absolute atomic E-state index is 0.132. The number of alkyl halides is 1. The number of hydrogen-bond donors (Lipinski definition) is 2. The lowest BCUT2D eigenvalue weighted by Gasteiger charge is -2.32. The highest BCUT2D eigenvalue weighted by Crippen LogP contribution is 2.09. The zero-order valence-corrected chi connectivity index (χ0v) is 10.9. The van der Waals surface area contributed by atoms with Crippen LogP contribution in [0.25, 0.3) is 0 Å². The summed E-state index contributed by atoms with van der Waals surface area (Å²) >= 11 is 5.41. The molecule has 1 aliphatic heterocycles. The average Bonchev–Trinajstić information content (AvgIpc) is 2.29. The summed E-state index contributed by atoms with van der Waals surface area (Å²) in [6.45, 7) is 5.03. The zero-order valence-electron chi connectivity index (χ0n) is 10.2. The molecule has 17 heavy (non-hydrogen) atoms. The number of carbonyl (C=O) groups excluding carboxylic acids is 2. The van der Waals surface area contributed by atoms with Crippen LogP contribution in [0.15, 0.2) is 0 Å². The summed E-state index contributed by atoms with van der Waals surface area (Å²) in [6, 6.07) is -0.282. The second-order valence-corrected chi connectivity index (χ2v) is 4.57. The standard InChI is InChI=1S/C11H20ClN3O2/c1-2-15-7-3-4-9(8-15)13-11(17)14-10(16)5-6-12/h9H,2-8H2,1H3,(H2,13,14,16,17). The van der Waals surface area contributed by atoms with Crippen LogP contribution in [0.2, 0.25) is 0 Å². The van der Waals surface area contributed by atoms with Crippen molar-refractivity contribution >= 4 is 23.5 Å². The van der Waals surface area contributed by atoms with E-state index in [9.17, 15) is 9.59 Å². The minimum Gasteiger partial charge on any atom is -0.334 e. The van der Waals surface area contributed by atoms with Crippen LogP contribution in [0.5, 0.6) is 0 Å². The Labute approximate surface area is 107 Å². The van der Waals surface area contributed by atoms with Crippen LogP contribution in [-0.2, 0) is 4.79 Å². The van der Waals surface area contributed by atoms with Gasteiger partial charge in [0.05, 0.1) is 0 Å². The molecule has 1 atom stereocenters. The summed E-state index contributed by atoms with van der Waals surface area (Å²) in [7, 11) is 0. The van der Waals surface area contributed by atoms with Gasteiger partial charge >= 0.3 is 6.03 Å². The quantitative estimate of drug-likeness (QED) is 0.740. The van der Waals surface area contributed by atoms with Crippen molar-refractivity contribution in [3.63, 3.8) is 0 Å². The Hall–Kier alpha value is -0.810. The Kier molecular flexibility index (Phi) is 6.29. The van der Waals surface area contributed by atoms with E-state index in [4.69, 9.17) is 11.6 Å². The Morgan fingerprint density at radius 3 is 2.88 bits per heavy atom. The first-order valence-corrected chi connectivity index (χ1v) is 6.57. The van der Waals surface area contributed by atoms with Crippen molar-refractivity contribution in [1.29, 1.82) is 0 Å². The fourth-order valence-electron chi connectivity index (χ4n) is 1.96. The van der Waals surface area contributed by atoms with E-state index in [1.165, 1.54) is 0 Å². The van der Waals surface area contributed by atoms with Crippen molar-refractivity contribution in [3.05, 3.63) is 0 Å². The summed E-state index contributed by atoms with van der Waals surface area (Å²) in [5.41, 5.74) is 0. The van der Waals surface area contributed by atoms with Gasteiger partial charge in [-0.25, -0.2) is 4.79 Å². The third kappa shape index (κ3) is 5.37. The summed E-state index contributed by atoms with van der Waals surface area (Å²) in [5, 5.41) is 5.09. The molecule has 1 saturated heterocycles. The number of likely N-dealkylation sites (N-methyl/N-ethyl adjacent to an activating group) is 1. The minimum atomic E-state index is -0.414. The molecule has 0 aromatic heterocycles. The van der Waals surface area contributed by atoms with E-state index in [-0.39, 0.29) is 24.2 Å². The number of halogens is 1. The maximum atomic E-state index is 11.5. The van der Waals surface area contributed by atoms with Gasteiger partial charge in [0.15, 0.2) is 0 Å². The summed E-state index contributed by atoms with van der Waals surface area (Å²) in [6.07, 6.45) is 2.21. The largest absolute Gasteiger partial charge is 0.334 e. The number of likely N-dealkylation sites (tertiary alicyclic amines) is 1. The van der Waals surface area contributed by atoms with Crippen LogP contribution in [0, 0.1) is 0 Å². The van der Waals surface area contributed by atoms with Gasteiger partial charge in [0.2, 0.25) is 5.91 Å². The lowest BCUT2D eigenvalue weighted by molar-refractivity contribution is -0.119. The second-order valence-electron chi connectivity index (χ2n) is 4.19. The van der Waals surface area contributed by atoms with Gasteiger partial charge in [-0.1, -0.05) is 6.92 Å². The van der Waals surface area contributed by atoms with Crippen molar-refractivity contribution in [1.82, 2.24) is 15.5 Å². The first-order chi connectivity index (χ1) is 8.15. The molecule has 2 N–H and O–H groups in total. The molecule has 0 spiro atoms. The number of urea groups is 1. The van der Waals surface area contributed by atoms with Crippen LogP contribution in [0.1, 0.15) is 26.2 Å². The van der Waals surface area contributed by atoms with Crippen LogP contribution < -0.4 is 10.6 Å². The van der Waals surface area contributed by atoms with E-state index >= 15 is 0 Å². The number of nitrogens with one attached hydrogen (secondary N) is 2. The molecule has 0 bridgehead atoms. The third-order valence-corrected chi connectivity index (χ3v) is 3.05. The van der Waals surface area contributed by atoms with Gasteiger partial charge in [-0.3, -0.25) is 10.1 Å². The van der Waals surface area contributed by atoms with Gasteiger partial charge in [0.1, 0.15) is 0 Å². The maximum absolute atomic E-state index is 11.5. The number of rotatable bonds is 4. The van der Waals surface area contributed by atoms with Gasteiger partial charge < -0.3 is 10.2 Å². The molecule has 98 valence electrons. The van der Waals surface area contributed by atoms with Crippen molar-refractivity contribution < 1.29 is 9.59 Å². The van der Waals surface area contributed by atoms with Gasteiger partial charge in [0.25, 0.3) is 0 Å². The number of hydrogen-bond acceptors (Lipinski definition) is 3. The predicted octanol–water partition coefficient (Wildman–Crippen LogP) is 0.925. The lowest BCUT2D eigenvalue weighted by Crippen LogP contribution is -2.51. The summed E-state index contributed by atoms with van der Waals surface area (Å²) in [4.78, 5) is 24.9. The van der Waals surface area contributed by atoms with Crippen molar-refractivity contribution in [3.8, 4) is 0 Å². The van der Waals surface area contributed by atoms with Crippen molar-refractivity contribution in [2.45, 2.75) is 32.2 Å². The average molecular weight is 262 g/mol. The predicted molar refractivity (Wildman–Crippen MR) is 67.1 cm³/mol. The van der Waals surface area contributed by atoms with Crippen LogP contribution in [0.3, 0.4) is 0 Å². The Morgan fingerprint density at radius 1 is 1.47 bits per heavy atom. The van der Waals surface area contributed by atoms with Gasteiger partial charge in [0, 0.05) is 24.9 Å². The van der Waals surface area contributed by atoms with Crippen LogP contribution >= 0.6 is 11.6 Å². The van der Waals surface area contributed by atoms with Gasteiger partial charge in [-0.2, -0.15) is 0 Å². The molecule has 0 aromatic rings. The summed E-state index contributed by atoms with van der Waals surface area (Å²) in [5.74, 6) is -0.104. The number of amides is 3. The molecular formula is C11H20ClN3O2. The Morgan fingerprint density at radius 2 is 2.24 bits per heavy atom. The monoisotopic (exact) mass is 261 g/mol. The van der Waals surface area contributed by atoms with E-state index in [1.54, 1.807) is 0 Å². The molecule has 1 aliphatic rings. The van der Waals surface area contributed by atoms with E-state index in [2.05, 4.69) is 22.5 Å². The molecule has 1 rings (SSSR count). The molecule has 6 heteroatoms. The van der Waals surface area contributed by atoms with Gasteiger partial charge in [-0.05, 0) is 25.9 Å². The molecule has 0 aliphatic carbocycles.